The first-order valence-electron chi connectivity index (χ1n) is 5.30. The number of halogens is 1. The quantitative estimate of drug-likeness (QED) is 0.945. The highest BCUT2D eigenvalue weighted by Gasteiger charge is 2.12. The SMILES string of the molecule is Cc1cc(Br)cnc1NC(C)c1nncn1C. The Kier molecular flexibility index (Phi) is 3.42. The molecule has 2 aromatic heterocycles. The molecule has 5 nitrogen and oxygen atoms in total. The minimum atomic E-state index is 0.0647. The maximum absolute atomic E-state index is 4.34. The summed E-state index contributed by atoms with van der Waals surface area (Å²) in [6.45, 7) is 4.05. The fourth-order valence-electron chi connectivity index (χ4n) is 1.65. The molecule has 0 spiro atoms. The number of hydrogen-bond donors (Lipinski definition) is 1. The third kappa shape index (κ3) is 2.63. The molecular weight excluding hydrogens is 282 g/mol. The van der Waals surface area contributed by atoms with E-state index in [0.717, 1.165) is 21.7 Å². The maximum atomic E-state index is 4.34. The Balaban J connectivity index is 2.19. The van der Waals surface area contributed by atoms with Crippen LogP contribution in [0.4, 0.5) is 5.82 Å². The van der Waals surface area contributed by atoms with Crippen LogP contribution in [0.25, 0.3) is 0 Å². The average molecular weight is 296 g/mol. The molecular formula is C11H14BrN5. The Hall–Kier alpha value is -1.43. The van der Waals surface area contributed by atoms with Crippen molar-refractivity contribution in [2.75, 3.05) is 5.32 Å². The van der Waals surface area contributed by atoms with Crippen LogP contribution in [0, 0.1) is 6.92 Å². The molecule has 0 saturated heterocycles. The predicted molar refractivity (Wildman–Crippen MR) is 69.7 cm³/mol. The van der Waals surface area contributed by atoms with Crippen molar-refractivity contribution in [2.45, 2.75) is 19.9 Å². The summed E-state index contributed by atoms with van der Waals surface area (Å²) in [5, 5.41) is 11.3. The summed E-state index contributed by atoms with van der Waals surface area (Å²) in [5.74, 6) is 1.75. The molecule has 0 aliphatic heterocycles. The zero-order valence-electron chi connectivity index (χ0n) is 9.98. The van der Waals surface area contributed by atoms with E-state index in [0.29, 0.717) is 0 Å². The van der Waals surface area contributed by atoms with Crippen LogP contribution in [-0.2, 0) is 7.05 Å². The van der Waals surface area contributed by atoms with Gasteiger partial charge in [-0.2, -0.15) is 0 Å². The van der Waals surface area contributed by atoms with Gasteiger partial charge in [-0.1, -0.05) is 0 Å². The number of hydrogen-bond acceptors (Lipinski definition) is 4. The second-order valence-electron chi connectivity index (χ2n) is 3.99. The highest BCUT2D eigenvalue weighted by molar-refractivity contribution is 9.10. The summed E-state index contributed by atoms with van der Waals surface area (Å²) in [7, 11) is 1.93. The maximum Gasteiger partial charge on any atom is 0.154 e. The van der Waals surface area contributed by atoms with Crippen LogP contribution in [0.3, 0.4) is 0 Å². The van der Waals surface area contributed by atoms with Crippen molar-refractivity contribution in [3.8, 4) is 0 Å². The van der Waals surface area contributed by atoms with Crippen LogP contribution < -0.4 is 5.32 Å². The second-order valence-corrected chi connectivity index (χ2v) is 4.90. The van der Waals surface area contributed by atoms with E-state index < -0.39 is 0 Å². The van der Waals surface area contributed by atoms with Gasteiger partial charge >= 0.3 is 0 Å². The third-order valence-corrected chi connectivity index (χ3v) is 2.97. The van der Waals surface area contributed by atoms with Gasteiger partial charge in [0.15, 0.2) is 5.82 Å². The molecule has 2 aromatic rings. The predicted octanol–water partition coefficient (Wildman–Crippen LogP) is 2.45. The molecule has 1 unspecified atom stereocenters. The van der Waals surface area contributed by atoms with Gasteiger partial charge in [0.05, 0.1) is 6.04 Å². The first-order chi connectivity index (χ1) is 8.08. The number of aryl methyl sites for hydroxylation is 2. The van der Waals surface area contributed by atoms with Gasteiger partial charge in [0, 0.05) is 17.7 Å². The van der Waals surface area contributed by atoms with Crippen LogP contribution in [0.15, 0.2) is 23.1 Å². The van der Waals surface area contributed by atoms with Gasteiger partial charge in [0.1, 0.15) is 12.1 Å². The molecule has 0 bridgehead atoms. The summed E-state index contributed by atoms with van der Waals surface area (Å²) < 4.78 is 2.87. The molecule has 6 heteroatoms. The molecule has 2 rings (SSSR count). The Labute approximate surface area is 108 Å². The largest absolute Gasteiger partial charge is 0.360 e. The van der Waals surface area contributed by atoms with E-state index >= 15 is 0 Å². The molecule has 17 heavy (non-hydrogen) atoms. The van der Waals surface area contributed by atoms with Gasteiger partial charge in [-0.25, -0.2) is 4.98 Å². The van der Waals surface area contributed by atoms with Crippen molar-refractivity contribution in [3.63, 3.8) is 0 Å². The van der Waals surface area contributed by atoms with E-state index in [-0.39, 0.29) is 6.04 Å². The molecule has 2 heterocycles. The van der Waals surface area contributed by atoms with Crippen molar-refractivity contribution in [1.82, 2.24) is 19.7 Å². The number of anilines is 1. The first kappa shape index (κ1) is 12.0. The molecule has 0 radical (unpaired) electrons. The Morgan fingerprint density at radius 2 is 2.24 bits per heavy atom. The summed E-state index contributed by atoms with van der Waals surface area (Å²) in [5.41, 5.74) is 1.09. The van der Waals surface area contributed by atoms with Gasteiger partial charge in [-0.15, -0.1) is 10.2 Å². The molecule has 0 aliphatic carbocycles. The minimum Gasteiger partial charge on any atom is -0.360 e. The van der Waals surface area contributed by atoms with Gasteiger partial charge in [-0.3, -0.25) is 0 Å². The zero-order chi connectivity index (χ0) is 12.4. The molecule has 1 N–H and O–H groups in total. The van der Waals surface area contributed by atoms with Crippen molar-refractivity contribution in [1.29, 1.82) is 0 Å². The molecule has 0 saturated carbocycles. The highest BCUT2D eigenvalue weighted by Crippen LogP contribution is 2.21. The van der Waals surface area contributed by atoms with Gasteiger partial charge in [0.25, 0.3) is 0 Å². The van der Waals surface area contributed by atoms with Gasteiger partial charge in [0.2, 0.25) is 0 Å². The van der Waals surface area contributed by atoms with Crippen molar-refractivity contribution < 1.29 is 0 Å². The summed E-state index contributed by atoms with van der Waals surface area (Å²) >= 11 is 3.40. The summed E-state index contributed by atoms with van der Waals surface area (Å²) in [4.78, 5) is 4.34. The van der Waals surface area contributed by atoms with Crippen LogP contribution in [0.1, 0.15) is 24.4 Å². The van der Waals surface area contributed by atoms with E-state index in [9.17, 15) is 0 Å². The smallest absolute Gasteiger partial charge is 0.154 e. The van der Waals surface area contributed by atoms with Crippen molar-refractivity contribution in [3.05, 3.63) is 34.5 Å². The lowest BCUT2D eigenvalue weighted by Gasteiger charge is -2.15. The Morgan fingerprint density at radius 1 is 1.47 bits per heavy atom. The van der Waals surface area contributed by atoms with Crippen LogP contribution >= 0.6 is 15.9 Å². The van der Waals surface area contributed by atoms with Crippen LogP contribution in [-0.4, -0.2) is 19.7 Å². The molecule has 90 valence electrons. The fourth-order valence-corrected chi connectivity index (χ4v) is 2.09. The number of pyridine rings is 1. The van der Waals surface area contributed by atoms with E-state index in [1.165, 1.54) is 0 Å². The topological polar surface area (TPSA) is 55.6 Å². The third-order valence-electron chi connectivity index (χ3n) is 2.53. The molecule has 0 fully saturated rings. The molecule has 0 aromatic carbocycles. The lowest BCUT2D eigenvalue weighted by molar-refractivity contribution is 0.715. The monoisotopic (exact) mass is 295 g/mol. The lowest BCUT2D eigenvalue weighted by atomic mass is 10.2. The van der Waals surface area contributed by atoms with E-state index in [4.69, 9.17) is 0 Å². The normalized spacial score (nSPS) is 12.5. The minimum absolute atomic E-state index is 0.0647. The highest BCUT2D eigenvalue weighted by atomic mass is 79.9. The van der Waals surface area contributed by atoms with E-state index in [1.807, 2.05) is 31.5 Å². The average Bonchev–Trinajstić information content (AvgIpc) is 2.68. The number of aromatic nitrogens is 4. The summed E-state index contributed by atoms with van der Waals surface area (Å²) in [6.07, 6.45) is 3.47. The Bertz CT molecular complexity index is 522. The number of nitrogens with zero attached hydrogens (tertiary/aromatic N) is 4. The second kappa shape index (κ2) is 4.83. The summed E-state index contributed by atoms with van der Waals surface area (Å²) in [6, 6.07) is 2.09. The molecule has 0 amide bonds. The van der Waals surface area contributed by atoms with Crippen LogP contribution in [0.5, 0.6) is 0 Å². The van der Waals surface area contributed by atoms with E-state index in [1.54, 1.807) is 12.5 Å². The first-order valence-corrected chi connectivity index (χ1v) is 6.10. The van der Waals surface area contributed by atoms with E-state index in [2.05, 4.69) is 36.4 Å². The van der Waals surface area contributed by atoms with Gasteiger partial charge in [-0.05, 0) is 41.4 Å². The molecule has 1 atom stereocenters. The van der Waals surface area contributed by atoms with Gasteiger partial charge < -0.3 is 9.88 Å². The van der Waals surface area contributed by atoms with Crippen molar-refractivity contribution >= 4 is 21.7 Å². The number of nitrogens with one attached hydrogen (secondary N) is 1. The number of rotatable bonds is 3. The van der Waals surface area contributed by atoms with Crippen molar-refractivity contribution in [2.24, 2.45) is 7.05 Å². The molecule has 0 aliphatic rings. The fraction of sp³-hybridized carbons (Fsp3) is 0.364. The van der Waals surface area contributed by atoms with Crippen LogP contribution in [0.2, 0.25) is 0 Å². The lowest BCUT2D eigenvalue weighted by Crippen LogP contribution is -2.13. The standard InChI is InChI=1S/C11H14BrN5/c1-7-4-9(12)5-13-10(7)15-8(2)11-16-14-6-17(11)3/h4-6,8H,1-3H3,(H,13,15). The zero-order valence-corrected chi connectivity index (χ0v) is 11.6. The Morgan fingerprint density at radius 3 is 2.82 bits per heavy atom.